The van der Waals surface area contributed by atoms with Gasteiger partial charge in [0.25, 0.3) is 0 Å². The normalized spacial score (nSPS) is 11.8. The van der Waals surface area contributed by atoms with Gasteiger partial charge in [0.2, 0.25) is 0 Å². The first-order valence-electron chi connectivity index (χ1n) is 5.40. The Balaban J connectivity index is 0.00000180. The smallest absolute Gasteiger partial charge is 0.149 e. The second-order valence-electron chi connectivity index (χ2n) is 3.86. The molecule has 0 amide bonds. The molecule has 0 bridgehead atoms. The first-order chi connectivity index (χ1) is 8.63. The van der Waals surface area contributed by atoms with Gasteiger partial charge < -0.3 is 10.8 Å². The van der Waals surface area contributed by atoms with E-state index in [1.54, 1.807) is 18.2 Å². The predicted molar refractivity (Wildman–Crippen MR) is 75.9 cm³/mol. The van der Waals surface area contributed by atoms with Crippen LogP contribution in [0.3, 0.4) is 0 Å². The lowest BCUT2D eigenvalue weighted by Crippen LogP contribution is -2.14. The molecule has 1 heterocycles. The van der Waals surface area contributed by atoms with Gasteiger partial charge in [-0.05, 0) is 29.8 Å². The Labute approximate surface area is 121 Å². The maximum Gasteiger partial charge on any atom is 0.149 e. The van der Waals surface area contributed by atoms with Crippen LogP contribution in [-0.4, -0.2) is 16.7 Å². The number of halogens is 3. The van der Waals surface area contributed by atoms with Gasteiger partial charge in [0.1, 0.15) is 11.5 Å². The number of pyridine rings is 1. The third-order valence-electron chi connectivity index (χ3n) is 2.63. The lowest BCUT2D eigenvalue weighted by atomic mass is 10.0. The van der Waals surface area contributed by atoms with Crippen molar-refractivity contribution in [3.05, 3.63) is 52.9 Å². The molecule has 102 valence electrons. The quantitative estimate of drug-likeness (QED) is 0.916. The minimum atomic E-state index is -0.521. The number of aliphatic hydroxyl groups excluding tert-OH is 1. The highest BCUT2D eigenvalue weighted by molar-refractivity contribution is 6.33. The zero-order chi connectivity index (χ0) is 13.1. The van der Waals surface area contributed by atoms with Gasteiger partial charge in [-0.3, -0.25) is 4.98 Å². The van der Waals surface area contributed by atoms with Crippen LogP contribution < -0.4 is 5.73 Å². The number of nitrogens with two attached hydrogens (primary N) is 1. The van der Waals surface area contributed by atoms with Crippen molar-refractivity contribution in [3.8, 4) is 11.3 Å². The van der Waals surface area contributed by atoms with E-state index in [-0.39, 0.29) is 24.7 Å². The molecule has 1 aromatic carbocycles. The van der Waals surface area contributed by atoms with Gasteiger partial charge in [0, 0.05) is 11.8 Å². The van der Waals surface area contributed by atoms with E-state index in [0.29, 0.717) is 16.1 Å². The SMILES string of the molecule is Cl.N[C@H](CO)c1ccc(Cl)c(-c2ncccc2F)c1. The summed E-state index contributed by atoms with van der Waals surface area (Å²) in [6.07, 6.45) is 1.49. The van der Waals surface area contributed by atoms with E-state index >= 15 is 0 Å². The molecule has 0 spiro atoms. The first-order valence-corrected chi connectivity index (χ1v) is 5.78. The number of aliphatic hydroxyl groups is 1. The van der Waals surface area contributed by atoms with Gasteiger partial charge in [0.15, 0.2) is 0 Å². The molecule has 19 heavy (non-hydrogen) atoms. The highest BCUT2D eigenvalue weighted by Gasteiger charge is 2.13. The minimum Gasteiger partial charge on any atom is -0.394 e. The Kier molecular flexibility index (Phi) is 5.69. The van der Waals surface area contributed by atoms with Crippen LogP contribution in [0.4, 0.5) is 4.39 Å². The molecule has 3 nitrogen and oxygen atoms in total. The van der Waals surface area contributed by atoms with Crippen molar-refractivity contribution in [2.45, 2.75) is 6.04 Å². The van der Waals surface area contributed by atoms with Gasteiger partial charge in [0.05, 0.1) is 17.7 Å². The topological polar surface area (TPSA) is 59.1 Å². The fourth-order valence-electron chi connectivity index (χ4n) is 1.64. The summed E-state index contributed by atoms with van der Waals surface area (Å²) in [6, 6.07) is 7.28. The molecule has 0 fully saturated rings. The van der Waals surface area contributed by atoms with E-state index in [1.165, 1.54) is 18.3 Å². The van der Waals surface area contributed by atoms with Crippen LogP contribution in [0.2, 0.25) is 5.02 Å². The monoisotopic (exact) mass is 302 g/mol. The molecule has 0 radical (unpaired) electrons. The van der Waals surface area contributed by atoms with Gasteiger partial charge in [-0.25, -0.2) is 4.39 Å². The Morgan fingerprint density at radius 1 is 1.37 bits per heavy atom. The number of nitrogens with zero attached hydrogens (tertiary/aromatic N) is 1. The zero-order valence-corrected chi connectivity index (χ0v) is 11.5. The maximum atomic E-state index is 13.7. The predicted octanol–water partition coefficient (Wildman–Crippen LogP) is 2.96. The number of aromatic nitrogens is 1. The molecular weight excluding hydrogens is 290 g/mol. The molecule has 1 aromatic heterocycles. The molecule has 6 heteroatoms. The van der Waals surface area contributed by atoms with Crippen molar-refractivity contribution < 1.29 is 9.50 Å². The maximum absolute atomic E-state index is 13.7. The number of benzene rings is 1. The Bertz CT molecular complexity index is 566. The summed E-state index contributed by atoms with van der Waals surface area (Å²) >= 11 is 6.04. The highest BCUT2D eigenvalue weighted by atomic mass is 35.5. The molecule has 0 aliphatic heterocycles. The fourth-order valence-corrected chi connectivity index (χ4v) is 1.85. The van der Waals surface area contributed by atoms with Crippen LogP contribution in [0.25, 0.3) is 11.3 Å². The van der Waals surface area contributed by atoms with Crippen LogP contribution in [0.1, 0.15) is 11.6 Å². The Morgan fingerprint density at radius 3 is 2.74 bits per heavy atom. The summed E-state index contributed by atoms with van der Waals surface area (Å²) in [5.41, 5.74) is 7.05. The summed E-state index contributed by atoms with van der Waals surface area (Å²) in [6.45, 7) is -0.189. The van der Waals surface area contributed by atoms with Crippen LogP contribution in [0, 0.1) is 5.82 Å². The third-order valence-corrected chi connectivity index (χ3v) is 2.96. The summed E-state index contributed by atoms with van der Waals surface area (Å²) < 4.78 is 13.7. The summed E-state index contributed by atoms with van der Waals surface area (Å²) in [5, 5.41) is 9.42. The molecule has 0 aliphatic carbocycles. The lowest BCUT2D eigenvalue weighted by Gasteiger charge is -2.12. The average molecular weight is 303 g/mol. The van der Waals surface area contributed by atoms with Crippen molar-refractivity contribution in [2.24, 2.45) is 5.73 Å². The molecule has 0 aliphatic rings. The Hall–Kier alpha value is -1.20. The van der Waals surface area contributed by atoms with Gasteiger partial charge in [-0.2, -0.15) is 0 Å². The van der Waals surface area contributed by atoms with E-state index in [9.17, 15) is 4.39 Å². The highest BCUT2D eigenvalue weighted by Crippen LogP contribution is 2.30. The zero-order valence-electron chi connectivity index (χ0n) is 9.88. The standard InChI is InChI=1S/C13H12ClFN2O.ClH/c14-10-4-3-8(12(16)7-18)6-9(10)13-11(15)2-1-5-17-13;/h1-6,12,18H,7,16H2;1H/t12-;/m1./s1. The molecule has 3 N–H and O–H groups in total. The van der Waals surface area contributed by atoms with Crippen molar-refractivity contribution in [2.75, 3.05) is 6.61 Å². The molecule has 0 saturated carbocycles. The van der Waals surface area contributed by atoms with E-state index < -0.39 is 11.9 Å². The van der Waals surface area contributed by atoms with E-state index in [4.69, 9.17) is 22.4 Å². The van der Waals surface area contributed by atoms with E-state index in [2.05, 4.69) is 4.98 Å². The van der Waals surface area contributed by atoms with Gasteiger partial charge in [-0.15, -0.1) is 12.4 Å². The Morgan fingerprint density at radius 2 is 2.11 bits per heavy atom. The summed E-state index contributed by atoms with van der Waals surface area (Å²) in [5.74, 6) is -0.450. The van der Waals surface area contributed by atoms with Gasteiger partial charge >= 0.3 is 0 Å². The van der Waals surface area contributed by atoms with Crippen molar-refractivity contribution in [3.63, 3.8) is 0 Å². The van der Waals surface area contributed by atoms with Gasteiger partial charge in [-0.1, -0.05) is 17.7 Å². The summed E-state index contributed by atoms with van der Waals surface area (Å²) in [7, 11) is 0. The lowest BCUT2D eigenvalue weighted by molar-refractivity contribution is 0.268. The van der Waals surface area contributed by atoms with E-state index in [0.717, 1.165) is 0 Å². The third kappa shape index (κ3) is 3.42. The number of rotatable bonds is 3. The first kappa shape index (κ1) is 15.9. The largest absolute Gasteiger partial charge is 0.394 e. The fraction of sp³-hybridized carbons (Fsp3) is 0.154. The average Bonchev–Trinajstić information content (AvgIpc) is 2.39. The van der Waals surface area contributed by atoms with Crippen molar-refractivity contribution in [1.82, 2.24) is 4.98 Å². The van der Waals surface area contributed by atoms with Crippen LogP contribution in [0.15, 0.2) is 36.5 Å². The van der Waals surface area contributed by atoms with Crippen LogP contribution in [0.5, 0.6) is 0 Å². The van der Waals surface area contributed by atoms with E-state index in [1.807, 2.05) is 0 Å². The van der Waals surface area contributed by atoms with Crippen LogP contribution >= 0.6 is 24.0 Å². The summed E-state index contributed by atoms with van der Waals surface area (Å²) in [4.78, 5) is 3.97. The minimum absolute atomic E-state index is 0. The second kappa shape index (κ2) is 6.82. The number of hydrogen-bond acceptors (Lipinski definition) is 3. The molecule has 1 atom stereocenters. The second-order valence-corrected chi connectivity index (χ2v) is 4.27. The molecule has 0 unspecified atom stereocenters. The van der Waals surface area contributed by atoms with Crippen LogP contribution in [-0.2, 0) is 0 Å². The molecule has 2 rings (SSSR count). The van der Waals surface area contributed by atoms with Crippen molar-refractivity contribution in [1.29, 1.82) is 0 Å². The molecular formula is C13H13Cl2FN2O. The molecule has 0 saturated heterocycles. The molecule has 2 aromatic rings. The number of hydrogen-bond donors (Lipinski definition) is 2. The van der Waals surface area contributed by atoms with Crippen molar-refractivity contribution >= 4 is 24.0 Å².